The van der Waals surface area contributed by atoms with Crippen LogP contribution in [0.1, 0.15) is 45.4 Å². The number of hydrogen-bond acceptors (Lipinski definition) is 2. The molecular formula is C13H24N2O. The third kappa shape index (κ3) is 2.57. The van der Waals surface area contributed by atoms with Gasteiger partial charge >= 0.3 is 0 Å². The molecule has 3 nitrogen and oxygen atoms in total. The fourth-order valence-corrected chi connectivity index (χ4v) is 2.49. The van der Waals surface area contributed by atoms with E-state index in [0.717, 1.165) is 13.0 Å². The van der Waals surface area contributed by atoms with Crippen LogP contribution in [-0.2, 0) is 4.79 Å². The maximum absolute atomic E-state index is 12.3. The second kappa shape index (κ2) is 5.17. The molecule has 16 heavy (non-hydrogen) atoms. The van der Waals surface area contributed by atoms with Gasteiger partial charge in [0.1, 0.15) is 0 Å². The van der Waals surface area contributed by atoms with Gasteiger partial charge in [-0.2, -0.15) is 0 Å². The van der Waals surface area contributed by atoms with E-state index in [1.807, 2.05) is 0 Å². The molecule has 0 aromatic carbocycles. The van der Waals surface area contributed by atoms with Crippen molar-refractivity contribution in [1.82, 2.24) is 4.90 Å². The lowest BCUT2D eigenvalue weighted by Crippen LogP contribution is -2.47. The summed E-state index contributed by atoms with van der Waals surface area (Å²) in [7, 11) is 0. The number of hydrogen-bond donors (Lipinski definition) is 1. The van der Waals surface area contributed by atoms with Gasteiger partial charge in [0, 0.05) is 18.5 Å². The van der Waals surface area contributed by atoms with E-state index < -0.39 is 0 Å². The van der Waals surface area contributed by atoms with Gasteiger partial charge in [-0.1, -0.05) is 6.92 Å². The topological polar surface area (TPSA) is 46.3 Å². The van der Waals surface area contributed by atoms with Crippen LogP contribution < -0.4 is 5.73 Å². The summed E-state index contributed by atoms with van der Waals surface area (Å²) < 4.78 is 0. The molecule has 2 saturated carbocycles. The minimum absolute atomic E-state index is 0.248. The second-order valence-corrected chi connectivity index (χ2v) is 5.38. The third-order valence-electron chi connectivity index (χ3n) is 4.12. The molecule has 1 unspecified atom stereocenters. The van der Waals surface area contributed by atoms with Gasteiger partial charge in [-0.3, -0.25) is 4.79 Å². The highest BCUT2D eigenvalue weighted by Crippen LogP contribution is 2.38. The predicted octanol–water partition coefficient (Wildman–Crippen LogP) is 1.76. The first-order valence-corrected chi connectivity index (χ1v) is 6.74. The molecule has 0 spiro atoms. The van der Waals surface area contributed by atoms with Gasteiger partial charge in [0.15, 0.2) is 0 Å². The van der Waals surface area contributed by atoms with Gasteiger partial charge in [-0.15, -0.1) is 0 Å². The highest BCUT2D eigenvalue weighted by atomic mass is 16.2. The molecule has 0 radical (unpaired) electrons. The molecule has 2 fully saturated rings. The lowest BCUT2D eigenvalue weighted by Gasteiger charge is -2.39. The summed E-state index contributed by atoms with van der Waals surface area (Å²) in [5, 5.41) is 0. The predicted molar refractivity (Wildman–Crippen MR) is 64.9 cm³/mol. The Bertz CT molecular complexity index is 246. The number of carbonyl (C=O) groups excluding carboxylic acids is 1. The average molecular weight is 224 g/mol. The molecule has 0 aromatic rings. The lowest BCUT2D eigenvalue weighted by atomic mass is 9.90. The molecule has 2 N–H and O–H groups in total. The van der Waals surface area contributed by atoms with Crippen LogP contribution in [0, 0.1) is 11.8 Å². The van der Waals surface area contributed by atoms with Crippen LogP contribution in [-0.4, -0.2) is 29.9 Å². The minimum atomic E-state index is 0.248. The summed E-state index contributed by atoms with van der Waals surface area (Å²) >= 11 is 0. The third-order valence-corrected chi connectivity index (χ3v) is 4.12. The molecule has 0 aliphatic heterocycles. The van der Waals surface area contributed by atoms with Gasteiger partial charge in [0.25, 0.3) is 0 Å². The molecular weight excluding hydrogens is 200 g/mol. The van der Waals surface area contributed by atoms with Gasteiger partial charge in [0.05, 0.1) is 0 Å². The number of nitrogens with zero attached hydrogens (tertiary/aromatic N) is 1. The summed E-state index contributed by atoms with van der Waals surface area (Å²) in [4.78, 5) is 14.5. The number of rotatable bonds is 6. The SMILES string of the molecule is CC(C(=O)N(CCCN)C1CCC1)C1CC1. The van der Waals surface area contributed by atoms with Crippen molar-refractivity contribution >= 4 is 5.91 Å². The fourth-order valence-electron chi connectivity index (χ4n) is 2.49. The molecule has 2 aliphatic rings. The fraction of sp³-hybridized carbons (Fsp3) is 0.923. The molecule has 92 valence electrons. The Morgan fingerprint density at radius 1 is 1.38 bits per heavy atom. The number of amides is 1. The van der Waals surface area contributed by atoms with Crippen LogP contribution in [0.2, 0.25) is 0 Å². The molecule has 0 bridgehead atoms. The molecule has 0 aromatic heterocycles. The van der Waals surface area contributed by atoms with E-state index in [1.165, 1.54) is 32.1 Å². The Kier molecular flexibility index (Phi) is 3.85. The number of nitrogens with two attached hydrogens (primary N) is 1. The average Bonchev–Trinajstić information content (AvgIpc) is 3.02. The monoisotopic (exact) mass is 224 g/mol. The molecule has 3 heteroatoms. The summed E-state index contributed by atoms with van der Waals surface area (Å²) in [5.74, 6) is 1.31. The van der Waals surface area contributed by atoms with E-state index in [9.17, 15) is 4.79 Å². The van der Waals surface area contributed by atoms with E-state index >= 15 is 0 Å². The van der Waals surface area contributed by atoms with Crippen molar-refractivity contribution in [3.63, 3.8) is 0 Å². The minimum Gasteiger partial charge on any atom is -0.339 e. The Hall–Kier alpha value is -0.570. The van der Waals surface area contributed by atoms with Crippen molar-refractivity contribution in [2.75, 3.05) is 13.1 Å². The zero-order chi connectivity index (χ0) is 11.5. The summed E-state index contributed by atoms with van der Waals surface area (Å²) in [5.41, 5.74) is 5.55. The summed E-state index contributed by atoms with van der Waals surface area (Å²) in [6.45, 7) is 3.67. The van der Waals surface area contributed by atoms with E-state index in [0.29, 0.717) is 24.4 Å². The van der Waals surface area contributed by atoms with Gasteiger partial charge in [-0.05, 0) is 51.0 Å². The van der Waals surface area contributed by atoms with Crippen molar-refractivity contribution in [1.29, 1.82) is 0 Å². The maximum atomic E-state index is 12.3. The second-order valence-electron chi connectivity index (χ2n) is 5.38. The summed E-state index contributed by atoms with van der Waals surface area (Å²) in [6.07, 6.45) is 7.14. The molecule has 2 aliphatic carbocycles. The van der Waals surface area contributed by atoms with Crippen molar-refractivity contribution < 1.29 is 4.79 Å². The van der Waals surface area contributed by atoms with Crippen LogP contribution in [0.15, 0.2) is 0 Å². The van der Waals surface area contributed by atoms with Gasteiger partial charge in [0.2, 0.25) is 5.91 Å². The molecule has 2 rings (SSSR count). The van der Waals surface area contributed by atoms with Crippen LogP contribution in [0.3, 0.4) is 0 Å². The van der Waals surface area contributed by atoms with Crippen molar-refractivity contribution in [3.05, 3.63) is 0 Å². The number of carbonyl (C=O) groups is 1. The quantitative estimate of drug-likeness (QED) is 0.747. The van der Waals surface area contributed by atoms with E-state index in [-0.39, 0.29) is 5.92 Å². The Labute approximate surface area is 98.4 Å². The van der Waals surface area contributed by atoms with Crippen molar-refractivity contribution in [3.8, 4) is 0 Å². The maximum Gasteiger partial charge on any atom is 0.225 e. The Balaban J connectivity index is 1.90. The molecule has 1 atom stereocenters. The first kappa shape index (κ1) is 11.9. The van der Waals surface area contributed by atoms with E-state index in [4.69, 9.17) is 5.73 Å². The zero-order valence-corrected chi connectivity index (χ0v) is 10.3. The van der Waals surface area contributed by atoms with Crippen molar-refractivity contribution in [2.24, 2.45) is 17.6 Å². The highest BCUT2D eigenvalue weighted by molar-refractivity contribution is 5.79. The molecule has 0 heterocycles. The van der Waals surface area contributed by atoms with Gasteiger partial charge < -0.3 is 10.6 Å². The van der Waals surface area contributed by atoms with E-state index in [1.54, 1.807) is 0 Å². The summed E-state index contributed by atoms with van der Waals surface area (Å²) in [6, 6.07) is 0.528. The van der Waals surface area contributed by atoms with E-state index in [2.05, 4.69) is 11.8 Å². The normalized spacial score (nSPS) is 22.6. The van der Waals surface area contributed by atoms with Crippen LogP contribution in [0.25, 0.3) is 0 Å². The van der Waals surface area contributed by atoms with Crippen LogP contribution in [0.4, 0.5) is 0 Å². The zero-order valence-electron chi connectivity index (χ0n) is 10.3. The van der Waals surface area contributed by atoms with Gasteiger partial charge in [-0.25, -0.2) is 0 Å². The lowest BCUT2D eigenvalue weighted by molar-refractivity contribution is -0.139. The Morgan fingerprint density at radius 3 is 2.50 bits per heavy atom. The van der Waals surface area contributed by atoms with Crippen LogP contribution in [0.5, 0.6) is 0 Å². The standard InChI is InChI=1S/C13H24N2O/c1-10(11-6-7-11)13(16)15(9-3-8-14)12-4-2-5-12/h10-12H,2-9,14H2,1H3. The highest BCUT2D eigenvalue weighted by Gasteiger charge is 2.37. The van der Waals surface area contributed by atoms with Crippen molar-refractivity contribution in [2.45, 2.75) is 51.5 Å². The van der Waals surface area contributed by atoms with Crippen LogP contribution >= 0.6 is 0 Å². The smallest absolute Gasteiger partial charge is 0.225 e. The molecule has 0 saturated heterocycles. The first-order valence-electron chi connectivity index (χ1n) is 6.74. The molecule has 1 amide bonds. The first-order chi connectivity index (χ1) is 7.74. The Morgan fingerprint density at radius 2 is 2.06 bits per heavy atom. The largest absolute Gasteiger partial charge is 0.339 e.